The number of pyridine rings is 2. The molecule has 0 atom stereocenters. The number of benzene rings is 1. The minimum atomic E-state index is -0.721. The number of halogens is 2. The number of carbonyl (C=O) groups is 2. The lowest BCUT2D eigenvalue weighted by atomic mass is 9.82. The molecule has 0 fully saturated rings. The van der Waals surface area contributed by atoms with Crippen LogP contribution in [0.5, 0.6) is 5.88 Å². The number of carbonyl (C=O) groups excluding carboxylic acids is 2. The Morgan fingerprint density at radius 1 is 1.12 bits per heavy atom. The van der Waals surface area contributed by atoms with E-state index < -0.39 is 17.3 Å². The number of aryl methyl sites for hydroxylation is 1. The maximum atomic E-state index is 15.7. The van der Waals surface area contributed by atoms with Crippen LogP contribution in [-0.2, 0) is 30.1 Å². The number of aromatic nitrogens is 4. The van der Waals surface area contributed by atoms with Crippen molar-refractivity contribution in [2.75, 3.05) is 16.8 Å². The zero-order chi connectivity index (χ0) is 28.6. The van der Waals surface area contributed by atoms with Crippen molar-refractivity contribution < 1.29 is 18.7 Å². The number of rotatable bonds is 5. The third-order valence-corrected chi connectivity index (χ3v) is 7.05. The van der Waals surface area contributed by atoms with Crippen molar-refractivity contribution in [3.8, 4) is 17.0 Å². The highest BCUT2D eigenvalue weighted by atomic mass is 35.5. The summed E-state index contributed by atoms with van der Waals surface area (Å²) in [6.07, 6.45) is 4.43. The average Bonchev–Trinajstić information content (AvgIpc) is 3.51. The van der Waals surface area contributed by atoms with Crippen molar-refractivity contribution in [1.29, 1.82) is 0 Å². The molecule has 5 rings (SSSR count). The third kappa shape index (κ3) is 5.40. The maximum Gasteiger partial charge on any atom is 0.419 e. The van der Waals surface area contributed by atoms with Crippen LogP contribution in [0.15, 0.2) is 55.0 Å². The highest BCUT2D eigenvalue weighted by Crippen LogP contribution is 2.42. The predicted molar refractivity (Wildman–Crippen MR) is 150 cm³/mol. The highest BCUT2D eigenvalue weighted by Gasteiger charge is 2.31. The van der Waals surface area contributed by atoms with Gasteiger partial charge in [-0.15, -0.1) is 0 Å². The molecule has 206 valence electrons. The second kappa shape index (κ2) is 10.7. The minimum Gasteiger partial charge on any atom is -0.391 e. The van der Waals surface area contributed by atoms with Crippen molar-refractivity contribution in [1.82, 2.24) is 19.7 Å². The molecule has 1 aromatic carbocycles. The molecule has 0 bridgehead atoms. The monoisotopic (exact) mass is 562 g/mol. The van der Waals surface area contributed by atoms with Gasteiger partial charge < -0.3 is 9.64 Å². The Kier molecular flexibility index (Phi) is 7.29. The van der Waals surface area contributed by atoms with E-state index >= 15 is 4.39 Å². The van der Waals surface area contributed by atoms with Gasteiger partial charge in [-0.05, 0) is 58.4 Å². The number of hydrogen-bond donors (Lipinski definition) is 1. The molecule has 0 saturated carbocycles. The molecular formula is C29H28ClFN6O3. The molecule has 1 N–H and O–H groups in total. The Hall–Kier alpha value is -4.31. The lowest BCUT2D eigenvalue weighted by Crippen LogP contribution is -2.31. The van der Waals surface area contributed by atoms with Gasteiger partial charge in [0.05, 0.1) is 18.3 Å². The van der Waals surface area contributed by atoms with E-state index in [2.05, 4.69) is 20.4 Å². The van der Waals surface area contributed by atoms with Crippen LogP contribution in [0.25, 0.3) is 11.1 Å². The van der Waals surface area contributed by atoms with Crippen LogP contribution >= 0.6 is 11.6 Å². The standard InChI is InChI=1S/C29H28ClFN6O3/c1-29(2,3)24-20(7-11-33-27(24)40-28(39)35-22-8-12-34-36(22)4)19-14-17-9-13-37(25(17)21(31)15-19)23(38)16-18-6-5-10-32-26(18)30/h5-8,10-12,14-15H,9,13,16H2,1-4H3,(H,35,39). The molecule has 9 nitrogen and oxygen atoms in total. The van der Waals surface area contributed by atoms with E-state index in [4.69, 9.17) is 16.3 Å². The van der Waals surface area contributed by atoms with E-state index in [0.717, 1.165) is 0 Å². The van der Waals surface area contributed by atoms with Crippen LogP contribution in [0.1, 0.15) is 37.5 Å². The zero-order valence-electron chi connectivity index (χ0n) is 22.5. The molecule has 40 heavy (non-hydrogen) atoms. The van der Waals surface area contributed by atoms with Crippen molar-refractivity contribution in [3.63, 3.8) is 0 Å². The second-order valence-corrected chi connectivity index (χ2v) is 10.9. The van der Waals surface area contributed by atoms with Gasteiger partial charge in [0, 0.05) is 37.6 Å². The van der Waals surface area contributed by atoms with E-state index in [1.807, 2.05) is 26.8 Å². The molecule has 2 amide bonds. The number of nitrogens with zero attached hydrogens (tertiary/aromatic N) is 5. The first-order valence-corrected chi connectivity index (χ1v) is 13.1. The fourth-order valence-corrected chi connectivity index (χ4v) is 5.09. The summed E-state index contributed by atoms with van der Waals surface area (Å²) in [5.74, 6) is -0.182. The second-order valence-electron chi connectivity index (χ2n) is 10.5. The molecule has 0 spiro atoms. The van der Waals surface area contributed by atoms with Gasteiger partial charge >= 0.3 is 6.09 Å². The van der Waals surface area contributed by atoms with E-state index in [9.17, 15) is 9.59 Å². The molecule has 4 heterocycles. The lowest BCUT2D eigenvalue weighted by molar-refractivity contribution is -0.117. The first-order valence-electron chi connectivity index (χ1n) is 12.7. The van der Waals surface area contributed by atoms with Crippen molar-refractivity contribution in [3.05, 3.63) is 82.6 Å². The van der Waals surface area contributed by atoms with Crippen molar-refractivity contribution in [2.24, 2.45) is 7.05 Å². The lowest BCUT2D eigenvalue weighted by Gasteiger charge is -2.25. The van der Waals surface area contributed by atoms with Crippen LogP contribution < -0.4 is 15.0 Å². The Morgan fingerprint density at radius 2 is 1.93 bits per heavy atom. The quantitative estimate of drug-likeness (QED) is 0.313. The Balaban J connectivity index is 1.46. The molecule has 1 aliphatic rings. The summed E-state index contributed by atoms with van der Waals surface area (Å²) < 4.78 is 22.8. The molecule has 0 unspecified atom stereocenters. The number of fused-ring (bicyclic) bond motifs is 1. The van der Waals surface area contributed by atoms with Crippen LogP contribution in [-0.4, -0.2) is 38.3 Å². The largest absolute Gasteiger partial charge is 0.419 e. The summed E-state index contributed by atoms with van der Waals surface area (Å²) in [6, 6.07) is 10.1. The summed E-state index contributed by atoms with van der Waals surface area (Å²) in [7, 11) is 1.69. The van der Waals surface area contributed by atoms with Crippen LogP contribution in [0.3, 0.4) is 0 Å². The maximum absolute atomic E-state index is 15.7. The van der Waals surface area contributed by atoms with Crippen molar-refractivity contribution >= 4 is 35.1 Å². The molecule has 0 aliphatic carbocycles. The summed E-state index contributed by atoms with van der Waals surface area (Å²) in [4.78, 5) is 35.6. The van der Waals surface area contributed by atoms with Crippen LogP contribution in [0.4, 0.5) is 20.7 Å². The summed E-state index contributed by atoms with van der Waals surface area (Å²) >= 11 is 6.13. The Morgan fingerprint density at radius 3 is 2.62 bits per heavy atom. The summed E-state index contributed by atoms with van der Waals surface area (Å²) in [5, 5.41) is 6.93. The summed E-state index contributed by atoms with van der Waals surface area (Å²) in [5.41, 5.74) is 3.00. The van der Waals surface area contributed by atoms with Crippen LogP contribution in [0, 0.1) is 5.82 Å². The first kappa shape index (κ1) is 27.3. The van der Waals surface area contributed by atoms with Gasteiger partial charge in [0.15, 0.2) is 0 Å². The van der Waals surface area contributed by atoms with Gasteiger partial charge in [-0.3, -0.25) is 14.8 Å². The molecule has 4 aromatic rings. The van der Waals surface area contributed by atoms with Gasteiger partial charge in [-0.2, -0.15) is 5.10 Å². The van der Waals surface area contributed by atoms with E-state index in [1.165, 1.54) is 21.8 Å². The number of nitrogens with one attached hydrogen (secondary N) is 1. The zero-order valence-corrected chi connectivity index (χ0v) is 23.3. The molecule has 3 aromatic heterocycles. The van der Waals surface area contributed by atoms with Crippen LogP contribution in [0.2, 0.25) is 5.15 Å². The molecule has 11 heteroatoms. The van der Waals surface area contributed by atoms with Gasteiger partial charge in [-0.25, -0.2) is 19.2 Å². The normalized spacial score (nSPS) is 12.8. The average molecular weight is 563 g/mol. The van der Waals surface area contributed by atoms with Gasteiger partial charge in [-0.1, -0.05) is 38.4 Å². The van der Waals surface area contributed by atoms with E-state index in [-0.39, 0.29) is 29.0 Å². The van der Waals surface area contributed by atoms with Gasteiger partial charge in [0.2, 0.25) is 11.8 Å². The molecular weight excluding hydrogens is 535 g/mol. The fraction of sp³-hybridized carbons (Fsp3) is 0.276. The highest BCUT2D eigenvalue weighted by molar-refractivity contribution is 6.30. The third-order valence-electron chi connectivity index (χ3n) is 6.71. The van der Waals surface area contributed by atoms with Gasteiger partial charge in [0.1, 0.15) is 16.8 Å². The van der Waals surface area contributed by atoms with Crippen molar-refractivity contribution in [2.45, 2.75) is 39.0 Å². The predicted octanol–water partition coefficient (Wildman–Crippen LogP) is 5.71. The number of ether oxygens (including phenoxy) is 1. The number of amides is 2. The topological polar surface area (TPSA) is 102 Å². The Labute approximate surface area is 236 Å². The number of hydrogen-bond acceptors (Lipinski definition) is 6. The van der Waals surface area contributed by atoms with Gasteiger partial charge in [0.25, 0.3) is 0 Å². The minimum absolute atomic E-state index is 0.0212. The van der Waals surface area contributed by atoms with E-state index in [1.54, 1.807) is 43.7 Å². The first-order chi connectivity index (χ1) is 19.0. The summed E-state index contributed by atoms with van der Waals surface area (Å²) in [6.45, 7) is 6.25. The Bertz CT molecular complexity index is 1610. The van der Waals surface area contributed by atoms with E-state index in [0.29, 0.717) is 46.6 Å². The SMILES string of the molecule is Cn1nccc1NC(=O)Oc1nccc(-c2cc(F)c3c(c2)CCN3C(=O)Cc2cccnc2Cl)c1C(C)(C)C. The fourth-order valence-electron chi connectivity index (χ4n) is 4.91. The number of anilines is 2. The molecule has 0 saturated heterocycles. The molecule has 0 radical (unpaired) electrons. The molecule has 1 aliphatic heterocycles. The smallest absolute Gasteiger partial charge is 0.391 e.